The molecule has 1 fully saturated rings. The van der Waals surface area contributed by atoms with Gasteiger partial charge in [-0.2, -0.15) is 0 Å². The number of hydrogen-bond acceptors (Lipinski definition) is 5. The number of nitrogens with zero attached hydrogens (tertiary/aromatic N) is 2. The molecule has 1 aromatic carbocycles. The minimum atomic E-state index is -0.231. The van der Waals surface area contributed by atoms with Gasteiger partial charge in [0.25, 0.3) is 5.91 Å². The van der Waals surface area contributed by atoms with Crippen LogP contribution < -0.4 is 15.4 Å². The highest BCUT2D eigenvalue weighted by Gasteiger charge is 2.33. The van der Waals surface area contributed by atoms with E-state index in [0.29, 0.717) is 11.5 Å². The molecule has 1 aromatic heterocycles. The van der Waals surface area contributed by atoms with Crippen molar-refractivity contribution in [3.63, 3.8) is 0 Å². The van der Waals surface area contributed by atoms with E-state index >= 15 is 0 Å². The van der Waals surface area contributed by atoms with Gasteiger partial charge in [-0.3, -0.25) is 4.79 Å². The summed E-state index contributed by atoms with van der Waals surface area (Å²) in [4.78, 5) is 11.6. The molecule has 138 valence electrons. The van der Waals surface area contributed by atoms with Crippen LogP contribution in [0.15, 0.2) is 36.4 Å². The highest BCUT2D eigenvalue weighted by atomic mass is 16.5. The monoisotopic (exact) mass is 354 g/mol. The van der Waals surface area contributed by atoms with Gasteiger partial charge >= 0.3 is 0 Å². The number of hydrogen-bond donors (Lipinski definition) is 2. The molecule has 0 spiro atoms. The molecule has 1 saturated carbocycles. The first kappa shape index (κ1) is 18.2. The van der Waals surface area contributed by atoms with Gasteiger partial charge in [0, 0.05) is 19.0 Å². The topological polar surface area (TPSA) is 76.1 Å². The number of methoxy groups -OCH3 is 1. The van der Waals surface area contributed by atoms with Crippen molar-refractivity contribution >= 4 is 11.7 Å². The van der Waals surface area contributed by atoms with Gasteiger partial charge in [-0.15, -0.1) is 10.2 Å². The van der Waals surface area contributed by atoms with Crippen LogP contribution in [0.1, 0.15) is 48.2 Å². The maximum absolute atomic E-state index is 11.6. The fourth-order valence-corrected chi connectivity index (χ4v) is 3.68. The van der Waals surface area contributed by atoms with Gasteiger partial charge < -0.3 is 15.4 Å². The highest BCUT2D eigenvalue weighted by molar-refractivity contribution is 5.91. The first-order valence-corrected chi connectivity index (χ1v) is 9.11. The molecule has 3 rings (SSSR count). The second-order valence-corrected chi connectivity index (χ2v) is 6.81. The lowest BCUT2D eigenvalue weighted by molar-refractivity contribution is 0.0957. The van der Waals surface area contributed by atoms with Crippen LogP contribution in [-0.4, -0.2) is 36.8 Å². The summed E-state index contributed by atoms with van der Waals surface area (Å²) >= 11 is 0. The quantitative estimate of drug-likeness (QED) is 0.833. The maximum Gasteiger partial charge on any atom is 0.271 e. The van der Waals surface area contributed by atoms with E-state index in [-0.39, 0.29) is 11.3 Å². The molecule has 2 aromatic rings. The number of benzene rings is 1. The number of nitrogens with one attached hydrogen (secondary N) is 2. The van der Waals surface area contributed by atoms with Gasteiger partial charge in [0.05, 0.1) is 7.11 Å². The van der Waals surface area contributed by atoms with Crippen molar-refractivity contribution in [1.29, 1.82) is 0 Å². The van der Waals surface area contributed by atoms with Crippen LogP contribution in [0.2, 0.25) is 0 Å². The number of rotatable bonds is 6. The number of aromatic nitrogens is 2. The SMILES string of the molecule is CNC(=O)c1ccc(NCC2(c3ccc(OC)cc3)CCCCC2)nn1. The molecule has 0 radical (unpaired) electrons. The lowest BCUT2D eigenvalue weighted by atomic mass is 9.69. The smallest absolute Gasteiger partial charge is 0.271 e. The van der Waals surface area contributed by atoms with Crippen molar-refractivity contribution in [3.8, 4) is 5.75 Å². The summed E-state index contributed by atoms with van der Waals surface area (Å²) < 4.78 is 5.29. The number of amides is 1. The predicted molar refractivity (Wildman–Crippen MR) is 102 cm³/mol. The van der Waals surface area contributed by atoms with Crippen molar-refractivity contribution in [3.05, 3.63) is 47.7 Å². The molecule has 0 atom stereocenters. The molecule has 0 unspecified atom stereocenters. The number of carbonyl (C=O) groups excluding carboxylic acids is 1. The van der Waals surface area contributed by atoms with Gasteiger partial charge in [-0.25, -0.2) is 0 Å². The molecule has 26 heavy (non-hydrogen) atoms. The zero-order valence-electron chi connectivity index (χ0n) is 15.4. The molecule has 1 amide bonds. The molecule has 0 aliphatic heterocycles. The first-order chi connectivity index (χ1) is 12.7. The van der Waals surface area contributed by atoms with E-state index in [4.69, 9.17) is 4.74 Å². The molecule has 1 aliphatic carbocycles. The Morgan fingerprint density at radius 3 is 2.38 bits per heavy atom. The molecular formula is C20H26N4O2. The summed E-state index contributed by atoms with van der Waals surface area (Å²) in [5, 5.41) is 14.1. The normalized spacial score (nSPS) is 15.9. The second kappa shape index (κ2) is 8.17. The van der Waals surface area contributed by atoms with Gasteiger partial charge in [-0.05, 0) is 42.7 Å². The molecule has 2 N–H and O–H groups in total. The average Bonchev–Trinajstić information content (AvgIpc) is 2.73. The third-order valence-electron chi connectivity index (χ3n) is 5.25. The Labute approximate surface area is 154 Å². The molecule has 6 nitrogen and oxygen atoms in total. The number of anilines is 1. The number of carbonyl (C=O) groups is 1. The van der Waals surface area contributed by atoms with Crippen LogP contribution in [0.5, 0.6) is 5.75 Å². The molecule has 1 heterocycles. The summed E-state index contributed by atoms with van der Waals surface area (Å²) in [5.41, 5.74) is 1.74. The third-order valence-corrected chi connectivity index (χ3v) is 5.25. The van der Waals surface area contributed by atoms with Crippen LogP contribution in [0, 0.1) is 0 Å². The van der Waals surface area contributed by atoms with Crippen LogP contribution >= 0.6 is 0 Å². The van der Waals surface area contributed by atoms with Gasteiger partial charge in [0.1, 0.15) is 11.6 Å². The highest BCUT2D eigenvalue weighted by Crippen LogP contribution is 2.40. The van der Waals surface area contributed by atoms with Crippen molar-refractivity contribution in [2.45, 2.75) is 37.5 Å². The molecule has 1 aliphatic rings. The fourth-order valence-electron chi connectivity index (χ4n) is 3.68. The van der Waals surface area contributed by atoms with Crippen molar-refractivity contribution in [1.82, 2.24) is 15.5 Å². The molecule has 6 heteroatoms. The van der Waals surface area contributed by atoms with Crippen molar-refractivity contribution < 1.29 is 9.53 Å². The van der Waals surface area contributed by atoms with E-state index in [1.165, 1.54) is 24.8 Å². The number of ether oxygens (including phenoxy) is 1. The van der Waals surface area contributed by atoms with Gasteiger partial charge in [0.15, 0.2) is 5.69 Å². The zero-order valence-corrected chi connectivity index (χ0v) is 15.4. The largest absolute Gasteiger partial charge is 0.497 e. The third kappa shape index (κ3) is 3.95. The Kier molecular flexibility index (Phi) is 5.71. The standard InChI is InChI=1S/C20H26N4O2/c1-21-19(25)17-10-11-18(24-23-17)22-14-20(12-4-3-5-13-20)15-6-8-16(26-2)9-7-15/h6-11H,3-5,12-14H2,1-2H3,(H,21,25)(H,22,24). The molecule has 0 bridgehead atoms. The van der Waals surface area contributed by atoms with E-state index in [0.717, 1.165) is 25.1 Å². The summed E-state index contributed by atoms with van der Waals surface area (Å²) in [5.74, 6) is 1.34. The Bertz CT molecular complexity index is 722. The van der Waals surface area contributed by atoms with E-state index < -0.39 is 0 Å². The van der Waals surface area contributed by atoms with Crippen LogP contribution in [0.3, 0.4) is 0 Å². The summed E-state index contributed by atoms with van der Waals surface area (Å²) in [6.07, 6.45) is 6.05. The van der Waals surface area contributed by atoms with Gasteiger partial charge in [-0.1, -0.05) is 31.4 Å². The average molecular weight is 354 g/mol. The minimum Gasteiger partial charge on any atom is -0.497 e. The lowest BCUT2D eigenvalue weighted by Gasteiger charge is -2.38. The van der Waals surface area contributed by atoms with Crippen LogP contribution in [-0.2, 0) is 5.41 Å². The summed E-state index contributed by atoms with van der Waals surface area (Å²) in [6, 6.07) is 11.9. The van der Waals surface area contributed by atoms with E-state index in [1.807, 2.05) is 18.2 Å². The van der Waals surface area contributed by atoms with Crippen molar-refractivity contribution in [2.75, 3.05) is 26.0 Å². The van der Waals surface area contributed by atoms with Crippen molar-refractivity contribution in [2.24, 2.45) is 0 Å². The second-order valence-electron chi connectivity index (χ2n) is 6.81. The summed E-state index contributed by atoms with van der Waals surface area (Å²) in [6.45, 7) is 0.799. The van der Waals surface area contributed by atoms with E-state index in [2.05, 4.69) is 33.0 Å². The Morgan fingerprint density at radius 2 is 1.81 bits per heavy atom. The van der Waals surface area contributed by atoms with E-state index in [9.17, 15) is 4.79 Å². The fraction of sp³-hybridized carbons (Fsp3) is 0.450. The first-order valence-electron chi connectivity index (χ1n) is 9.11. The van der Waals surface area contributed by atoms with Gasteiger partial charge in [0.2, 0.25) is 0 Å². The lowest BCUT2D eigenvalue weighted by Crippen LogP contribution is -2.36. The predicted octanol–water partition coefficient (Wildman–Crippen LogP) is 3.16. The summed E-state index contributed by atoms with van der Waals surface area (Å²) in [7, 11) is 3.27. The molecule has 0 saturated heterocycles. The van der Waals surface area contributed by atoms with Crippen LogP contribution in [0.4, 0.5) is 5.82 Å². The van der Waals surface area contributed by atoms with E-state index in [1.54, 1.807) is 20.2 Å². The Balaban J connectivity index is 1.75. The Hall–Kier alpha value is -2.63. The minimum absolute atomic E-state index is 0.0890. The zero-order chi connectivity index (χ0) is 18.4. The maximum atomic E-state index is 11.6. The Morgan fingerprint density at radius 1 is 1.08 bits per heavy atom. The van der Waals surface area contributed by atoms with Crippen LogP contribution in [0.25, 0.3) is 0 Å². The molecular weight excluding hydrogens is 328 g/mol.